The number of methoxy groups -OCH3 is 1. The number of anilines is 1. The van der Waals surface area contributed by atoms with Crippen molar-refractivity contribution in [1.29, 1.82) is 0 Å². The van der Waals surface area contributed by atoms with Crippen LogP contribution >= 0.6 is 27.3 Å². The summed E-state index contributed by atoms with van der Waals surface area (Å²) in [5.74, 6) is 0.711. The van der Waals surface area contributed by atoms with Gasteiger partial charge in [-0.1, -0.05) is 12.1 Å². The van der Waals surface area contributed by atoms with Gasteiger partial charge in [0.2, 0.25) is 0 Å². The van der Waals surface area contributed by atoms with Gasteiger partial charge in [0.1, 0.15) is 10.8 Å². The van der Waals surface area contributed by atoms with Crippen LogP contribution in [0.15, 0.2) is 40.9 Å². The monoisotopic (exact) mass is 434 g/mol. The fourth-order valence-corrected chi connectivity index (χ4v) is 3.66. The number of aromatic nitrogens is 1. The average molecular weight is 435 g/mol. The summed E-state index contributed by atoms with van der Waals surface area (Å²) >= 11 is 4.97. The molecule has 0 saturated carbocycles. The van der Waals surface area contributed by atoms with Crippen molar-refractivity contribution in [2.45, 2.75) is 0 Å². The highest BCUT2D eigenvalue weighted by Gasteiger charge is 2.05. The second-order valence-corrected chi connectivity index (χ2v) is 7.16. The number of nitrogens with zero attached hydrogens (tertiary/aromatic N) is 1. The Bertz CT molecular complexity index is 971. The molecule has 0 bridgehead atoms. The van der Waals surface area contributed by atoms with Crippen molar-refractivity contribution in [2.75, 3.05) is 19.2 Å². The molecule has 3 rings (SSSR count). The molecule has 1 heterocycles. The van der Waals surface area contributed by atoms with Gasteiger partial charge in [0.05, 0.1) is 14.7 Å². The molecule has 0 unspecified atom stereocenters. The Morgan fingerprint density at radius 1 is 1.31 bits per heavy atom. The maximum Gasteiger partial charge on any atom is 0.409 e. The van der Waals surface area contributed by atoms with Crippen molar-refractivity contribution in [2.24, 2.45) is 0 Å². The van der Waals surface area contributed by atoms with Crippen LogP contribution in [-0.2, 0) is 4.74 Å². The Morgan fingerprint density at radius 2 is 2.15 bits per heavy atom. The molecule has 0 atom stereocenters. The van der Waals surface area contributed by atoms with Crippen LogP contribution in [0.5, 0.6) is 5.75 Å². The molecule has 1 aromatic heterocycles. The predicted molar refractivity (Wildman–Crippen MR) is 107 cm³/mol. The number of thiazole rings is 1. The van der Waals surface area contributed by atoms with Crippen LogP contribution in [0.2, 0.25) is 0 Å². The largest absolute Gasteiger partial charge is 0.466 e. The van der Waals surface area contributed by atoms with Crippen LogP contribution in [0.4, 0.5) is 10.5 Å². The van der Waals surface area contributed by atoms with E-state index >= 15 is 0 Å². The molecule has 3 aromatic rings. The van der Waals surface area contributed by atoms with Gasteiger partial charge in [0.15, 0.2) is 6.79 Å². The lowest BCUT2D eigenvalue weighted by atomic mass is 10.2. The van der Waals surface area contributed by atoms with Gasteiger partial charge in [-0.05, 0) is 57.9 Å². The molecule has 2 aromatic carbocycles. The highest BCUT2D eigenvalue weighted by molar-refractivity contribution is 9.10. The average Bonchev–Trinajstić information content (AvgIpc) is 3.01. The van der Waals surface area contributed by atoms with Gasteiger partial charge in [0, 0.05) is 12.8 Å². The number of carbonyl (C=O) groups is 1. The molecule has 26 heavy (non-hydrogen) atoms. The SMILES string of the molecule is COCOc1ccc(/C=C/c2nc3ccc(NC(=O)O)cc3s2)cc1Br. The van der Waals surface area contributed by atoms with E-state index in [0.717, 1.165) is 25.3 Å². The van der Waals surface area contributed by atoms with Crippen LogP contribution in [-0.4, -0.2) is 30.1 Å². The highest BCUT2D eigenvalue weighted by atomic mass is 79.9. The molecule has 0 radical (unpaired) electrons. The number of ether oxygens (including phenoxy) is 2. The van der Waals surface area contributed by atoms with E-state index in [2.05, 4.69) is 26.2 Å². The molecule has 0 aliphatic carbocycles. The zero-order valence-corrected chi connectivity index (χ0v) is 16.1. The minimum atomic E-state index is -1.09. The molecule has 1 amide bonds. The first-order chi connectivity index (χ1) is 12.5. The zero-order chi connectivity index (χ0) is 18.5. The topological polar surface area (TPSA) is 80.7 Å². The van der Waals surface area contributed by atoms with E-state index in [-0.39, 0.29) is 6.79 Å². The van der Waals surface area contributed by atoms with Crippen LogP contribution in [0, 0.1) is 0 Å². The minimum absolute atomic E-state index is 0.193. The molecule has 134 valence electrons. The van der Waals surface area contributed by atoms with E-state index in [9.17, 15) is 4.79 Å². The fourth-order valence-electron chi connectivity index (χ4n) is 2.24. The summed E-state index contributed by atoms with van der Waals surface area (Å²) < 4.78 is 12.1. The zero-order valence-electron chi connectivity index (χ0n) is 13.7. The van der Waals surface area contributed by atoms with E-state index in [4.69, 9.17) is 14.6 Å². The fraction of sp³-hybridized carbons (Fsp3) is 0.111. The van der Waals surface area contributed by atoms with E-state index in [0.29, 0.717) is 11.4 Å². The Kier molecular flexibility index (Phi) is 5.87. The van der Waals surface area contributed by atoms with Crippen molar-refractivity contribution < 1.29 is 19.4 Å². The molecule has 0 aliphatic heterocycles. The number of fused-ring (bicyclic) bond motifs is 1. The number of halogens is 1. The first-order valence-corrected chi connectivity index (χ1v) is 9.16. The second-order valence-electron chi connectivity index (χ2n) is 5.24. The number of hydrogen-bond acceptors (Lipinski definition) is 5. The number of carboxylic acid groups (broad SMARTS) is 1. The number of rotatable bonds is 6. The van der Waals surface area contributed by atoms with Crippen molar-refractivity contribution in [3.8, 4) is 5.75 Å². The first-order valence-electron chi connectivity index (χ1n) is 7.55. The normalized spacial score (nSPS) is 11.2. The van der Waals surface area contributed by atoms with E-state index in [1.165, 1.54) is 11.3 Å². The summed E-state index contributed by atoms with van der Waals surface area (Å²) in [5, 5.41) is 12.0. The molecular formula is C18H15BrN2O4S. The maximum atomic E-state index is 10.7. The third kappa shape index (κ3) is 4.60. The Morgan fingerprint density at radius 3 is 2.88 bits per heavy atom. The van der Waals surface area contributed by atoms with E-state index < -0.39 is 6.09 Å². The second kappa shape index (κ2) is 8.31. The van der Waals surface area contributed by atoms with Crippen LogP contribution < -0.4 is 10.1 Å². The van der Waals surface area contributed by atoms with Crippen LogP contribution in [0.1, 0.15) is 10.6 Å². The molecule has 0 fully saturated rings. The van der Waals surface area contributed by atoms with Crippen molar-refractivity contribution in [3.05, 3.63) is 51.4 Å². The third-order valence-electron chi connectivity index (χ3n) is 3.36. The number of hydrogen-bond donors (Lipinski definition) is 2. The molecule has 8 heteroatoms. The Balaban J connectivity index is 1.77. The standard InChI is InChI=1S/C18H15BrN2O4S/c1-24-10-25-15-6-2-11(8-13(15)19)3-7-17-21-14-5-4-12(20-18(22)23)9-16(14)26-17/h2-9,20H,10H2,1H3,(H,22,23)/b7-3+. The van der Waals surface area contributed by atoms with E-state index in [1.807, 2.05) is 30.4 Å². The van der Waals surface area contributed by atoms with Gasteiger partial charge in [-0.15, -0.1) is 11.3 Å². The van der Waals surface area contributed by atoms with Gasteiger partial charge < -0.3 is 14.6 Å². The first kappa shape index (κ1) is 18.4. The summed E-state index contributed by atoms with van der Waals surface area (Å²) in [6.07, 6.45) is 2.79. The summed E-state index contributed by atoms with van der Waals surface area (Å²) in [5.41, 5.74) is 2.35. The molecule has 2 N–H and O–H groups in total. The number of nitrogens with one attached hydrogen (secondary N) is 1. The van der Waals surface area contributed by atoms with Crippen LogP contribution in [0.25, 0.3) is 22.4 Å². The lowest BCUT2D eigenvalue weighted by Gasteiger charge is -2.07. The molecule has 0 aliphatic rings. The van der Waals surface area contributed by atoms with Gasteiger partial charge in [-0.3, -0.25) is 5.32 Å². The van der Waals surface area contributed by atoms with Crippen molar-refractivity contribution in [3.63, 3.8) is 0 Å². The van der Waals surface area contributed by atoms with Gasteiger partial charge in [0.25, 0.3) is 0 Å². The quantitative estimate of drug-likeness (QED) is 0.514. The molecule has 6 nitrogen and oxygen atoms in total. The lowest BCUT2D eigenvalue weighted by molar-refractivity contribution is 0.0506. The van der Waals surface area contributed by atoms with Gasteiger partial charge in [-0.2, -0.15) is 0 Å². The minimum Gasteiger partial charge on any atom is -0.466 e. The Labute approximate surface area is 162 Å². The number of amides is 1. The van der Waals surface area contributed by atoms with Crippen LogP contribution in [0.3, 0.4) is 0 Å². The summed E-state index contributed by atoms with van der Waals surface area (Å²) in [7, 11) is 1.57. The molecular weight excluding hydrogens is 420 g/mol. The third-order valence-corrected chi connectivity index (χ3v) is 4.97. The van der Waals surface area contributed by atoms with Gasteiger partial charge in [-0.25, -0.2) is 9.78 Å². The molecule has 0 spiro atoms. The Hall–Kier alpha value is -2.42. The molecule has 0 saturated heterocycles. The summed E-state index contributed by atoms with van der Waals surface area (Å²) in [6, 6.07) is 11.0. The number of benzene rings is 2. The van der Waals surface area contributed by atoms with Gasteiger partial charge >= 0.3 is 6.09 Å². The smallest absolute Gasteiger partial charge is 0.409 e. The maximum absolute atomic E-state index is 10.7. The van der Waals surface area contributed by atoms with Crippen molar-refractivity contribution in [1.82, 2.24) is 4.98 Å². The summed E-state index contributed by atoms with van der Waals surface area (Å²) in [6.45, 7) is 0.193. The van der Waals surface area contributed by atoms with E-state index in [1.54, 1.807) is 25.3 Å². The summed E-state index contributed by atoms with van der Waals surface area (Å²) in [4.78, 5) is 15.3. The lowest BCUT2D eigenvalue weighted by Crippen LogP contribution is -2.06. The highest BCUT2D eigenvalue weighted by Crippen LogP contribution is 2.29. The van der Waals surface area contributed by atoms with Crippen molar-refractivity contribution >= 4 is 61.4 Å². The predicted octanol–water partition coefficient (Wildman–Crippen LogP) is 5.30.